The molecule has 0 spiro atoms. The maximum absolute atomic E-state index is 11.5. The first-order valence-corrected chi connectivity index (χ1v) is 5.54. The molecule has 0 aromatic heterocycles. The summed E-state index contributed by atoms with van der Waals surface area (Å²) in [6, 6.07) is 5.35. The smallest absolute Gasteiger partial charge is 0.305 e. The van der Waals surface area contributed by atoms with Crippen LogP contribution in [0.2, 0.25) is 0 Å². The van der Waals surface area contributed by atoms with E-state index >= 15 is 0 Å². The summed E-state index contributed by atoms with van der Waals surface area (Å²) in [6.45, 7) is 0. The van der Waals surface area contributed by atoms with Crippen LogP contribution in [-0.4, -0.2) is 28.9 Å². The number of nitrogens with two attached hydrogens (primary N) is 2. The van der Waals surface area contributed by atoms with E-state index in [1.165, 1.54) is 0 Å². The molecule has 1 unspecified atom stereocenters. The second-order valence-corrected chi connectivity index (χ2v) is 4.03. The van der Waals surface area contributed by atoms with Crippen LogP contribution in [0.4, 0.5) is 5.69 Å². The number of hydrogen-bond acceptors (Lipinski definition) is 4. The van der Waals surface area contributed by atoms with Gasteiger partial charge in [0.25, 0.3) is 0 Å². The molecule has 0 bridgehead atoms. The summed E-state index contributed by atoms with van der Waals surface area (Å²) in [7, 11) is 0. The number of nitrogens with one attached hydrogen (secondary N) is 1. The standard InChI is InChI=1S/C12H15N3O4/c13-9(6-11(17)18)12(19)15-8-3-1-7(2-4-8)5-10(14)16/h1-4,9H,5-6,13H2,(H2,14,16)(H,15,19)(H,17,18). The molecule has 0 saturated heterocycles. The predicted molar refractivity (Wildman–Crippen MR) is 68.2 cm³/mol. The Morgan fingerprint density at radius 1 is 1.21 bits per heavy atom. The molecule has 0 aliphatic heterocycles. The number of aliphatic carboxylic acids is 1. The van der Waals surface area contributed by atoms with Gasteiger partial charge >= 0.3 is 5.97 Å². The van der Waals surface area contributed by atoms with Gasteiger partial charge in [-0.15, -0.1) is 0 Å². The summed E-state index contributed by atoms with van der Waals surface area (Å²) in [6.07, 6.45) is -0.321. The van der Waals surface area contributed by atoms with Gasteiger partial charge in [0.15, 0.2) is 0 Å². The van der Waals surface area contributed by atoms with Gasteiger partial charge in [0.05, 0.1) is 18.9 Å². The molecule has 0 heterocycles. The summed E-state index contributed by atoms with van der Waals surface area (Å²) in [5, 5.41) is 11.0. The Labute approximate surface area is 109 Å². The van der Waals surface area contributed by atoms with Crippen LogP contribution in [0.15, 0.2) is 24.3 Å². The minimum absolute atomic E-state index is 0.118. The fraction of sp³-hybridized carbons (Fsp3) is 0.250. The number of primary amides is 1. The lowest BCUT2D eigenvalue weighted by Crippen LogP contribution is -2.37. The van der Waals surface area contributed by atoms with Crippen LogP contribution in [0.3, 0.4) is 0 Å². The first-order valence-electron chi connectivity index (χ1n) is 5.54. The Balaban J connectivity index is 2.60. The van der Waals surface area contributed by atoms with Crippen molar-refractivity contribution in [1.29, 1.82) is 0 Å². The van der Waals surface area contributed by atoms with Gasteiger partial charge in [-0.05, 0) is 17.7 Å². The normalized spacial score (nSPS) is 11.6. The van der Waals surface area contributed by atoms with Gasteiger partial charge in [0.1, 0.15) is 0 Å². The first kappa shape index (κ1) is 14.7. The SMILES string of the molecule is NC(=O)Cc1ccc(NC(=O)C(N)CC(=O)O)cc1. The highest BCUT2D eigenvalue weighted by Gasteiger charge is 2.16. The summed E-state index contributed by atoms with van der Waals surface area (Å²) >= 11 is 0. The molecule has 102 valence electrons. The molecule has 7 nitrogen and oxygen atoms in total. The van der Waals surface area contributed by atoms with Crippen molar-refractivity contribution < 1.29 is 19.5 Å². The Morgan fingerprint density at radius 2 is 1.79 bits per heavy atom. The minimum atomic E-state index is -1.14. The molecule has 1 aromatic carbocycles. The molecule has 6 N–H and O–H groups in total. The van der Waals surface area contributed by atoms with E-state index in [-0.39, 0.29) is 6.42 Å². The van der Waals surface area contributed by atoms with E-state index in [1.54, 1.807) is 24.3 Å². The Bertz CT molecular complexity index is 484. The zero-order chi connectivity index (χ0) is 14.4. The molecule has 0 saturated carbocycles. The van der Waals surface area contributed by atoms with Crippen LogP contribution < -0.4 is 16.8 Å². The zero-order valence-electron chi connectivity index (χ0n) is 10.1. The maximum Gasteiger partial charge on any atom is 0.305 e. The largest absolute Gasteiger partial charge is 0.481 e. The number of hydrogen-bond donors (Lipinski definition) is 4. The lowest BCUT2D eigenvalue weighted by Gasteiger charge is -2.10. The van der Waals surface area contributed by atoms with Gasteiger partial charge < -0.3 is 21.9 Å². The Morgan fingerprint density at radius 3 is 2.26 bits per heavy atom. The van der Waals surface area contributed by atoms with Gasteiger partial charge in [-0.25, -0.2) is 0 Å². The van der Waals surface area contributed by atoms with E-state index in [0.717, 1.165) is 5.56 Å². The summed E-state index contributed by atoms with van der Waals surface area (Å²) in [4.78, 5) is 32.7. The van der Waals surface area contributed by atoms with Crippen LogP contribution >= 0.6 is 0 Å². The van der Waals surface area contributed by atoms with Crippen molar-refractivity contribution in [2.75, 3.05) is 5.32 Å². The summed E-state index contributed by atoms with van der Waals surface area (Å²) in [5.74, 6) is -2.16. The van der Waals surface area contributed by atoms with Crippen LogP contribution in [0, 0.1) is 0 Å². The molecule has 1 rings (SSSR count). The molecule has 0 aliphatic rings. The molecule has 19 heavy (non-hydrogen) atoms. The lowest BCUT2D eigenvalue weighted by atomic mass is 10.1. The van der Waals surface area contributed by atoms with E-state index in [0.29, 0.717) is 5.69 Å². The van der Waals surface area contributed by atoms with Crippen LogP contribution in [0.1, 0.15) is 12.0 Å². The summed E-state index contributed by atoms with van der Waals surface area (Å²) < 4.78 is 0. The van der Waals surface area contributed by atoms with Gasteiger partial charge in [-0.3, -0.25) is 14.4 Å². The van der Waals surface area contributed by atoms with Crippen molar-refractivity contribution in [2.45, 2.75) is 18.9 Å². The number of carbonyl (C=O) groups excluding carboxylic acids is 2. The average molecular weight is 265 g/mol. The van der Waals surface area contributed by atoms with Crippen molar-refractivity contribution in [1.82, 2.24) is 0 Å². The molecular formula is C12H15N3O4. The highest BCUT2D eigenvalue weighted by atomic mass is 16.4. The summed E-state index contributed by atoms with van der Waals surface area (Å²) in [5.41, 5.74) is 11.7. The van der Waals surface area contributed by atoms with Crippen molar-refractivity contribution in [3.05, 3.63) is 29.8 Å². The number of rotatable bonds is 6. The number of carboxylic acid groups (broad SMARTS) is 1. The van der Waals surface area contributed by atoms with Gasteiger partial charge in [0, 0.05) is 5.69 Å². The van der Waals surface area contributed by atoms with E-state index in [2.05, 4.69) is 5.32 Å². The Hall–Kier alpha value is -2.41. The van der Waals surface area contributed by atoms with Crippen LogP contribution in [0.25, 0.3) is 0 Å². The molecule has 0 fully saturated rings. The Kier molecular flexibility index (Phi) is 5.01. The van der Waals surface area contributed by atoms with Crippen molar-refractivity contribution >= 4 is 23.5 Å². The van der Waals surface area contributed by atoms with Crippen molar-refractivity contribution in [2.24, 2.45) is 11.5 Å². The number of anilines is 1. The van der Waals surface area contributed by atoms with Gasteiger partial charge in [0.2, 0.25) is 11.8 Å². The number of amides is 2. The van der Waals surface area contributed by atoms with E-state index in [9.17, 15) is 14.4 Å². The van der Waals surface area contributed by atoms with E-state index in [1.807, 2.05) is 0 Å². The number of benzene rings is 1. The second kappa shape index (κ2) is 6.50. The average Bonchev–Trinajstić information content (AvgIpc) is 2.30. The quantitative estimate of drug-likeness (QED) is 0.547. The molecule has 7 heteroatoms. The third kappa shape index (κ3) is 5.17. The monoisotopic (exact) mass is 265 g/mol. The molecular weight excluding hydrogens is 250 g/mol. The molecule has 1 aromatic rings. The van der Waals surface area contributed by atoms with Gasteiger partial charge in [-0.1, -0.05) is 12.1 Å². The zero-order valence-corrected chi connectivity index (χ0v) is 10.1. The predicted octanol–water partition coefficient (Wildman–Crippen LogP) is -0.545. The molecule has 2 amide bonds. The van der Waals surface area contributed by atoms with Crippen molar-refractivity contribution in [3.8, 4) is 0 Å². The fourth-order valence-electron chi connectivity index (χ4n) is 1.42. The third-order valence-electron chi connectivity index (χ3n) is 2.33. The van der Waals surface area contributed by atoms with Crippen LogP contribution in [0.5, 0.6) is 0 Å². The molecule has 0 aliphatic carbocycles. The molecule has 0 radical (unpaired) electrons. The van der Waals surface area contributed by atoms with Crippen molar-refractivity contribution in [3.63, 3.8) is 0 Å². The van der Waals surface area contributed by atoms with Crippen LogP contribution in [-0.2, 0) is 20.8 Å². The van der Waals surface area contributed by atoms with E-state index < -0.39 is 30.2 Å². The number of carboxylic acids is 1. The maximum atomic E-state index is 11.5. The third-order valence-corrected chi connectivity index (χ3v) is 2.33. The second-order valence-electron chi connectivity index (χ2n) is 4.03. The highest BCUT2D eigenvalue weighted by molar-refractivity contribution is 5.96. The lowest BCUT2D eigenvalue weighted by molar-refractivity contribution is -0.138. The topological polar surface area (TPSA) is 136 Å². The highest BCUT2D eigenvalue weighted by Crippen LogP contribution is 2.10. The first-order chi connectivity index (χ1) is 8.88. The molecule has 1 atom stereocenters. The fourth-order valence-corrected chi connectivity index (χ4v) is 1.42. The van der Waals surface area contributed by atoms with E-state index in [4.69, 9.17) is 16.6 Å². The van der Waals surface area contributed by atoms with Gasteiger partial charge in [-0.2, -0.15) is 0 Å². The minimum Gasteiger partial charge on any atom is -0.481 e. The number of carbonyl (C=O) groups is 3.